The van der Waals surface area contributed by atoms with Crippen LogP contribution < -0.4 is 14.9 Å². The first kappa shape index (κ1) is 19.6. The molecule has 0 bridgehead atoms. The van der Waals surface area contributed by atoms with Crippen molar-refractivity contribution in [2.75, 3.05) is 14.2 Å². The number of carbonyl (C=O) groups is 1. The van der Waals surface area contributed by atoms with E-state index in [0.29, 0.717) is 28.3 Å². The molecule has 0 fully saturated rings. The van der Waals surface area contributed by atoms with Gasteiger partial charge in [0.25, 0.3) is 5.91 Å². The van der Waals surface area contributed by atoms with Crippen LogP contribution in [0.4, 0.5) is 0 Å². The Labute approximate surface area is 177 Å². The van der Waals surface area contributed by atoms with Crippen molar-refractivity contribution in [2.45, 2.75) is 0 Å². The number of para-hydroxylation sites is 1. The Morgan fingerprint density at radius 2 is 1.97 bits per heavy atom. The molecule has 2 heterocycles. The number of amides is 1. The quantitative estimate of drug-likeness (QED) is 0.363. The molecule has 0 aliphatic rings. The molecule has 4 rings (SSSR count). The van der Waals surface area contributed by atoms with E-state index in [1.165, 1.54) is 0 Å². The summed E-state index contributed by atoms with van der Waals surface area (Å²) >= 11 is 1.57. The van der Waals surface area contributed by atoms with Crippen molar-refractivity contribution >= 4 is 34.4 Å². The number of fused-ring (bicyclic) bond motifs is 1. The molecule has 7 heteroatoms. The lowest BCUT2D eigenvalue weighted by Gasteiger charge is -2.12. The van der Waals surface area contributed by atoms with Crippen LogP contribution in [0.15, 0.2) is 70.5 Å². The Bertz CT molecular complexity index is 1220. The van der Waals surface area contributed by atoms with E-state index >= 15 is 0 Å². The molecule has 0 aliphatic heterocycles. The van der Waals surface area contributed by atoms with Gasteiger partial charge < -0.3 is 9.47 Å². The van der Waals surface area contributed by atoms with Gasteiger partial charge in [-0.25, -0.2) is 10.4 Å². The number of carbonyl (C=O) groups excluding carboxylic acids is 1. The number of hydrogen-bond acceptors (Lipinski definition) is 6. The van der Waals surface area contributed by atoms with Crippen molar-refractivity contribution in [1.82, 2.24) is 10.4 Å². The van der Waals surface area contributed by atoms with Crippen molar-refractivity contribution in [3.8, 4) is 22.8 Å². The summed E-state index contributed by atoms with van der Waals surface area (Å²) in [7, 11) is 3.19. The number of aromatic nitrogens is 1. The van der Waals surface area contributed by atoms with E-state index in [1.54, 1.807) is 43.9 Å². The molecule has 0 aliphatic carbocycles. The zero-order valence-electron chi connectivity index (χ0n) is 16.5. The number of ether oxygens (including phenoxy) is 2. The maximum atomic E-state index is 12.9. The van der Waals surface area contributed by atoms with Gasteiger partial charge in [0.1, 0.15) is 11.5 Å². The van der Waals surface area contributed by atoms with Crippen LogP contribution in [0.25, 0.3) is 22.2 Å². The van der Waals surface area contributed by atoms with E-state index in [4.69, 9.17) is 14.5 Å². The van der Waals surface area contributed by atoms with Gasteiger partial charge in [-0.05, 0) is 41.1 Å². The highest BCUT2D eigenvalue weighted by atomic mass is 32.1. The van der Waals surface area contributed by atoms with E-state index in [9.17, 15) is 4.79 Å². The number of hydrazone groups is 1. The van der Waals surface area contributed by atoms with Gasteiger partial charge in [-0.1, -0.05) is 18.2 Å². The first-order valence-electron chi connectivity index (χ1n) is 9.17. The van der Waals surface area contributed by atoms with Crippen molar-refractivity contribution in [1.29, 1.82) is 0 Å². The lowest BCUT2D eigenvalue weighted by atomic mass is 10.0. The van der Waals surface area contributed by atoms with Gasteiger partial charge in [0, 0.05) is 22.6 Å². The average molecular weight is 417 g/mol. The van der Waals surface area contributed by atoms with Gasteiger partial charge in [0.15, 0.2) is 0 Å². The molecule has 0 saturated carbocycles. The molecule has 0 saturated heterocycles. The summed E-state index contributed by atoms with van der Waals surface area (Å²) in [5.74, 6) is 0.977. The van der Waals surface area contributed by atoms with Gasteiger partial charge in [-0.2, -0.15) is 16.4 Å². The lowest BCUT2D eigenvalue weighted by Crippen LogP contribution is -2.18. The number of nitrogens with zero attached hydrogens (tertiary/aromatic N) is 2. The van der Waals surface area contributed by atoms with E-state index in [0.717, 1.165) is 16.5 Å². The Morgan fingerprint density at radius 3 is 2.73 bits per heavy atom. The maximum absolute atomic E-state index is 12.9. The number of nitrogens with one attached hydrogen (secondary N) is 1. The van der Waals surface area contributed by atoms with Crippen LogP contribution in [0, 0.1) is 0 Å². The summed E-state index contributed by atoms with van der Waals surface area (Å²) in [4.78, 5) is 17.7. The van der Waals surface area contributed by atoms with E-state index in [-0.39, 0.29) is 5.91 Å². The van der Waals surface area contributed by atoms with Crippen LogP contribution in [0.2, 0.25) is 0 Å². The highest BCUT2D eigenvalue weighted by Gasteiger charge is 2.16. The van der Waals surface area contributed by atoms with Crippen LogP contribution in [-0.2, 0) is 0 Å². The summed E-state index contributed by atoms with van der Waals surface area (Å²) in [6.07, 6.45) is 1.62. The normalized spacial score (nSPS) is 11.0. The van der Waals surface area contributed by atoms with Gasteiger partial charge in [-0.3, -0.25) is 4.79 Å². The van der Waals surface area contributed by atoms with Crippen molar-refractivity contribution in [3.63, 3.8) is 0 Å². The maximum Gasteiger partial charge on any atom is 0.272 e. The highest BCUT2D eigenvalue weighted by molar-refractivity contribution is 7.08. The molecule has 6 nitrogen and oxygen atoms in total. The Kier molecular flexibility index (Phi) is 5.72. The average Bonchev–Trinajstić information content (AvgIpc) is 3.31. The summed E-state index contributed by atoms with van der Waals surface area (Å²) in [5.41, 5.74) is 6.12. The molecule has 30 heavy (non-hydrogen) atoms. The molecule has 4 aromatic rings. The van der Waals surface area contributed by atoms with Crippen LogP contribution >= 0.6 is 11.3 Å². The summed E-state index contributed by atoms with van der Waals surface area (Å²) in [6.45, 7) is 0. The van der Waals surface area contributed by atoms with Gasteiger partial charge in [-0.15, -0.1) is 0 Å². The first-order chi connectivity index (χ1) is 14.7. The van der Waals surface area contributed by atoms with Crippen molar-refractivity contribution < 1.29 is 14.3 Å². The second kappa shape index (κ2) is 8.75. The van der Waals surface area contributed by atoms with E-state index in [1.807, 2.05) is 53.2 Å². The minimum atomic E-state index is -0.311. The third-order valence-corrected chi connectivity index (χ3v) is 5.27. The summed E-state index contributed by atoms with van der Waals surface area (Å²) in [5, 5.41) is 8.73. The molecule has 1 N–H and O–H groups in total. The molecule has 0 atom stereocenters. The number of rotatable bonds is 6. The number of pyridine rings is 1. The van der Waals surface area contributed by atoms with E-state index < -0.39 is 0 Å². The molecular formula is C23H19N3O3S. The Morgan fingerprint density at radius 1 is 1.10 bits per heavy atom. The van der Waals surface area contributed by atoms with Crippen LogP contribution in [-0.4, -0.2) is 31.3 Å². The molecule has 0 radical (unpaired) electrons. The second-order valence-electron chi connectivity index (χ2n) is 6.39. The number of methoxy groups -OCH3 is 2. The number of benzene rings is 2. The number of hydrogen-bond donors (Lipinski definition) is 1. The topological polar surface area (TPSA) is 72.8 Å². The molecular weight excluding hydrogens is 398 g/mol. The molecule has 0 spiro atoms. The van der Waals surface area contributed by atoms with Crippen molar-refractivity contribution in [3.05, 3.63) is 76.5 Å². The first-order valence-corrected chi connectivity index (χ1v) is 10.1. The highest BCUT2D eigenvalue weighted by Crippen LogP contribution is 2.34. The fraction of sp³-hybridized carbons (Fsp3) is 0.0870. The van der Waals surface area contributed by atoms with E-state index in [2.05, 4.69) is 10.5 Å². The summed E-state index contributed by atoms with van der Waals surface area (Å²) in [6, 6.07) is 16.7. The molecule has 2 aromatic carbocycles. The number of thiophene rings is 1. The molecule has 2 aromatic heterocycles. The Hall–Kier alpha value is -3.71. The van der Waals surface area contributed by atoms with Crippen molar-refractivity contribution in [2.24, 2.45) is 5.10 Å². The van der Waals surface area contributed by atoms with Crippen LogP contribution in [0.3, 0.4) is 0 Å². The SMILES string of the molecule is COc1ccc(-c2cc(C(=O)N/N=C/c3ccsc3)c3ccccc3n2)c(OC)c1. The lowest BCUT2D eigenvalue weighted by molar-refractivity contribution is 0.0956. The monoisotopic (exact) mass is 417 g/mol. The third-order valence-electron chi connectivity index (χ3n) is 4.57. The predicted octanol–water partition coefficient (Wildman–Crippen LogP) is 4.74. The largest absolute Gasteiger partial charge is 0.497 e. The standard InChI is InChI=1S/C23H19N3O3S/c1-28-16-7-8-18(22(11-16)29-2)21-12-19(17-5-3-4-6-20(17)25-21)23(27)26-24-13-15-9-10-30-14-15/h3-14H,1-2H3,(H,26,27)/b24-13+. The predicted molar refractivity (Wildman–Crippen MR) is 120 cm³/mol. The second-order valence-corrected chi connectivity index (χ2v) is 7.17. The van der Waals surface area contributed by atoms with Crippen LogP contribution in [0.1, 0.15) is 15.9 Å². The zero-order chi connectivity index (χ0) is 20.9. The van der Waals surface area contributed by atoms with Gasteiger partial charge >= 0.3 is 0 Å². The molecule has 150 valence electrons. The molecule has 0 unspecified atom stereocenters. The fourth-order valence-corrected chi connectivity index (χ4v) is 3.70. The zero-order valence-corrected chi connectivity index (χ0v) is 17.3. The third kappa shape index (κ3) is 4.01. The fourth-order valence-electron chi connectivity index (χ4n) is 3.09. The van der Waals surface area contributed by atoms with Crippen LogP contribution in [0.5, 0.6) is 11.5 Å². The van der Waals surface area contributed by atoms with Gasteiger partial charge in [0.2, 0.25) is 0 Å². The minimum absolute atomic E-state index is 0.311. The smallest absolute Gasteiger partial charge is 0.272 e. The molecule has 1 amide bonds. The Balaban J connectivity index is 1.75. The summed E-state index contributed by atoms with van der Waals surface area (Å²) < 4.78 is 10.8. The minimum Gasteiger partial charge on any atom is -0.497 e. The van der Waals surface area contributed by atoms with Gasteiger partial charge in [0.05, 0.1) is 37.2 Å².